The number of aliphatic imine (C=N–C) groups is 1. The molecule has 0 aromatic heterocycles. The molecule has 12 heteroatoms. The molecule has 2 aliphatic rings. The molecule has 0 aliphatic carbocycles. The van der Waals surface area contributed by atoms with E-state index in [0.717, 1.165) is 24.0 Å². The van der Waals surface area contributed by atoms with Crippen molar-refractivity contribution >= 4 is 47.7 Å². The van der Waals surface area contributed by atoms with Gasteiger partial charge in [-0.15, -0.1) is 0 Å². The smallest absolute Gasteiger partial charge is 0.423 e. The van der Waals surface area contributed by atoms with E-state index < -0.39 is 19.6 Å². The van der Waals surface area contributed by atoms with Crippen molar-refractivity contribution in [3.05, 3.63) is 94.6 Å². The van der Waals surface area contributed by atoms with Crippen LogP contribution in [0.25, 0.3) is 6.08 Å². The van der Waals surface area contributed by atoms with Crippen molar-refractivity contribution in [1.29, 1.82) is 0 Å². The highest BCUT2D eigenvalue weighted by Gasteiger charge is 2.35. The molecule has 5 rings (SSSR count). The largest absolute Gasteiger partial charge is 0.492 e. The first-order valence-electron chi connectivity index (χ1n) is 15.6. The number of nitrogens with zero attached hydrogens (tertiary/aromatic N) is 2. The Morgan fingerprint density at radius 3 is 2.61 bits per heavy atom. The Morgan fingerprint density at radius 1 is 1.11 bits per heavy atom. The number of hydrogen-bond acceptors (Lipinski definition) is 9. The fourth-order valence-electron chi connectivity index (χ4n) is 5.57. The number of benzene rings is 3. The van der Waals surface area contributed by atoms with Gasteiger partial charge in [0.25, 0.3) is 5.91 Å². The van der Waals surface area contributed by atoms with Crippen LogP contribution in [0.1, 0.15) is 66.3 Å². The van der Waals surface area contributed by atoms with E-state index in [0.29, 0.717) is 52.5 Å². The molecule has 0 saturated heterocycles. The zero-order chi connectivity index (χ0) is 32.6. The highest BCUT2D eigenvalue weighted by atomic mass is 16.6. The Labute approximate surface area is 269 Å². The van der Waals surface area contributed by atoms with E-state index in [2.05, 4.69) is 15.6 Å². The van der Waals surface area contributed by atoms with Gasteiger partial charge in [0.05, 0.1) is 18.4 Å². The first kappa shape index (κ1) is 33.1. The summed E-state index contributed by atoms with van der Waals surface area (Å²) in [5, 5.41) is 26.5. The SMILES string of the molecule is CCCN(CCC)C(=O)C1=Cc2ccc(C(=O)Nc3ccc4c(c3)B(O)OC4CNC(O)OCc3ccccc3)cc2N=C(N)C1. The summed E-state index contributed by atoms with van der Waals surface area (Å²) in [5.41, 5.74) is 11.0. The van der Waals surface area contributed by atoms with E-state index in [1.54, 1.807) is 36.4 Å². The van der Waals surface area contributed by atoms with Gasteiger partial charge in [0.1, 0.15) is 5.84 Å². The average molecular weight is 626 g/mol. The summed E-state index contributed by atoms with van der Waals surface area (Å²) in [6.07, 6.45) is 2.01. The van der Waals surface area contributed by atoms with Crippen molar-refractivity contribution in [2.24, 2.45) is 10.7 Å². The minimum absolute atomic E-state index is 0.0510. The van der Waals surface area contributed by atoms with Gasteiger partial charge in [0.15, 0.2) is 0 Å². The van der Waals surface area contributed by atoms with E-state index in [-0.39, 0.29) is 31.4 Å². The second kappa shape index (κ2) is 15.3. The van der Waals surface area contributed by atoms with Gasteiger partial charge in [0, 0.05) is 48.4 Å². The number of carbonyl (C=O) groups excluding carboxylic acids is 2. The van der Waals surface area contributed by atoms with Gasteiger partial charge in [-0.05, 0) is 59.8 Å². The number of amidine groups is 1. The second-order valence-electron chi connectivity index (χ2n) is 11.3. The number of amides is 2. The molecular weight excluding hydrogens is 585 g/mol. The van der Waals surface area contributed by atoms with Gasteiger partial charge in [-0.3, -0.25) is 14.9 Å². The number of anilines is 1. The molecule has 3 aromatic carbocycles. The van der Waals surface area contributed by atoms with Crippen molar-refractivity contribution < 1.29 is 29.1 Å². The summed E-state index contributed by atoms with van der Waals surface area (Å²) in [6, 6.07) is 19.8. The lowest BCUT2D eigenvalue weighted by molar-refractivity contribution is -0.131. The van der Waals surface area contributed by atoms with Crippen molar-refractivity contribution in [2.45, 2.75) is 52.2 Å². The van der Waals surface area contributed by atoms with Crippen LogP contribution in [-0.2, 0) is 20.8 Å². The fraction of sp³-hybridized carbons (Fsp3) is 0.324. The Balaban J connectivity index is 1.23. The maximum absolute atomic E-state index is 13.3. The van der Waals surface area contributed by atoms with E-state index >= 15 is 0 Å². The monoisotopic (exact) mass is 625 g/mol. The first-order chi connectivity index (χ1) is 22.2. The van der Waals surface area contributed by atoms with Crippen LogP contribution < -0.4 is 21.8 Å². The summed E-state index contributed by atoms with van der Waals surface area (Å²) >= 11 is 0. The highest BCUT2D eigenvalue weighted by Crippen LogP contribution is 2.29. The van der Waals surface area contributed by atoms with E-state index in [9.17, 15) is 19.7 Å². The van der Waals surface area contributed by atoms with Gasteiger partial charge in [-0.25, -0.2) is 4.99 Å². The van der Waals surface area contributed by atoms with Crippen molar-refractivity contribution in [3.63, 3.8) is 0 Å². The van der Waals surface area contributed by atoms with Crippen LogP contribution in [0.3, 0.4) is 0 Å². The third kappa shape index (κ3) is 8.08. The molecule has 6 N–H and O–H groups in total. The lowest BCUT2D eigenvalue weighted by Gasteiger charge is -2.22. The quantitative estimate of drug-likeness (QED) is 0.143. The number of aliphatic hydroxyl groups is 1. The number of ether oxygens (including phenoxy) is 1. The normalized spacial score (nSPS) is 16.1. The molecule has 240 valence electrons. The zero-order valence-electron chi connectivity index (χ0n) is 26.1. The highest BCUT2D eigenvalue weighted by molar-refractivity contribution is 6.62. The Morgan fingerprint density at radius 2 is 1.87 bits per heavy atom. The predicted octanol–water partition coefficient (Wildman–Crippen LogP) is 3.20. The lowest BCUT2D eigenvalue weighted by Crippen LogP contribution is -2.35. The maximum Gasteiger partial charge on any atom is 0.492 e. The van der Waals surface area contributed by atoms with Crippen molar-refractivity contribution in [2.75, 3.05) is 25.0 Å². The fourth-order valence-corrected chi connectivity index (χ4v) is 5.57. The number of nitrogens with two attached hydrogens (primary N) is 1. The number of fused-ring (bicyclic) bond motifs is 2. The van der Waals surface area contributed by atoms with Crippen molar-refractivity contribution in [3.8, 4) is 0 Å². The molecule has 0 fully saturated rings. The lowest BCUT2D eigenvalue weighted by atomic mass is 9.79. The molecule has 3 aromatic rings. The molecule has 46 heavy (non-hydrogen) atoms. The minimum Gasteiger partial charge on any atom is -0.423 e. The molecule has 2 unspecified atom stereocenters. The van der Waals surface area contributed by atoms with Crippen LogP contribution in [0.4, 0.5) is 11.4 Å². The van der Waals surface area contributed by atoms with E-state index in [4.69, 9.17) is 15.1 Å². The molecule has 0 radical (unpaired) electrons. The molecule has 11 nitrogen and oxygen atoms in total. The van der Waals surface area contributed by atoms with Crippen LogP contribution >= 0.6 is 0 Å². The summed E-state index contributed by atoms with van der Waals surface area (Å²) in [4.78, 5) is 32.9. The third-order valence-corrected chi connectivity index (χ3v) is 7.79. The van der Waals surface area contributed by atoms with E-state index in [1.165, 1.54) is 0 Å². The van der Waals surface area contributed by atoms with Crippen LogP contribution in [0.15, 0.2) is 77.3 Å². The summed E-state index contributed by atoms with van der Waals surface area (Å²) < 4.78 is 11.1. The molecule has 0 saturated carbocycles. The first-order valence-corrected chi connectivity index (χ1v) is 15.6. The molecule has 2 atom stereocenters. The molecule has 2 amide bonds. The zero-order valence-corrected chi connectivity index (χ0v) is 26.1. The number of rotatable bonds is 13. The number of nitrogens with one attached hydrogen (secondary N) is 2. The summed E-state index contributed by atoms with van der Waals surface area (Å²) in [7, 11) is -1.19. The Bertz CT molecular complexity index is 1610. The maximum atomic E-state index is 13.3. The summed E-state index contributed by atoms with van der Waals surface area (Å²) in [5.74, 6) is -0.121. The van der Waals surface area contributed by atoms with Gasteiger partial charge < -0.3 is 35.5 Å². The molecule has 2 aliphatic heterocycles. The van der Waals surface area contributed by atoms with Gasteiger partial charge in [-0.1, -0.05) is 56.3 Å². The standard InChI is InChI=1S/C34H40BN5O6/c1-3-14-40(15-4-2)33(42)25-16-23-10-11-24(17-29(23)39-31(36)18-25)32(41)38-26-12-13-27-28(19-26)35(44)46-30(27)20-37-34(43)45-21-22-8-6-5-7-9-22/h5-13,16-17,19,30,34,37,43-44H,3-4,14-15,18,20-21H2,1-2H3,(H2,36,39)(H,38,41). The predicted molar refractivity (Wildman–Crippen MR) is 179 cm³/mol. The number of carbonyl (C=O) groups is 2. The van der Waals surface area contributed by atoms with E-state index in [1.807, 2.05) is 55.2 Å². The molecule has 0 spiro atoms. The topological polar surface area (TPSA) is 159 Å². The Hall–Kier alpha value is -4.33. The van der Waals surface area contributed by atoms with Crippen LogP contribution in [0.5, 0.6) is 0 Å². The summed E-state index contributed by atoms with van der Waals surface area (Å²) in [6.45, 7) is 5.86. The third-order valence-electron chi connectivity index (χ3n) is 7.79. The number of hydrogen-bond donors (Lipinski definition) is 5. The molecular formula is C34H40BN5O6. The minimum atomic E-state index is -1.22. The molecule has 0 bridgehead atoms. The second-order valence-corrected chi connectivity index (χ2v) is 11.3. The van der Waals surface area contributed by atoms with Crippen LogP contribution in [0, 0.1) is 0 Å². The van der Waals surface area contributed by atoms with Crippen LogP contribution in [-0.4, -0.2) is 65.8 Å². The number of aliphatic hydroxyl groups excluding tert-OH is 1. The van der Waals surface area contributed by atoms with Crippen LogP contribution in [0.2, 0.25) is 0 Å². The van der Waals surface area contributed by atoms with Gasteiger partial charge in [0.2, 0.25) is 12.3 Å². The van der Waals surface area contributed by atoms with Gasteiger partial charge >= 0.3 is 7.12 Å². The van der Waals surface area contributed by atoms with Crippen molar-refractivity contribution in [1.82, 2.24) is 10.2 Å². The average Bonchev–Trinajstić information content (AvgIpc) is 3.26. The Kier molecular flexibility index (Phi) is 11.0. The van der Waals surface area contributed by atoms with Gasteiger partial charge in [-0.2, -0.15) is 0 Å². The molecule has 2 heterocycles.